The minimum atomic E-state index is 0.792. The van der Waals surface area contributed by atoms with Crippen LogP contribution in [0.1, 0.15) is 0 Å². The molecule has 1 nitrogen and oxygen atoms in total. The molecule has 138 valence electrons. The van der Waals surface area contributed by atoms with Crippen molar-refractivity contribution in [2.24, 2.45) is 0 Å². The van der Waals surface area contributed by atoms with Gasteiger partial charge in [-0.3, -0.25) is 0 Å². The van der Waals surface area contributed by atoms with Crippen molar-refractivity contribution < 1.29 is 0 Å². The molecule has 0 aliphatic carbocycles. The van der Waals surface area contributed by atoms with E-state index < -0.39 is 0 Å². The standard InChI is InChI=1S/C28H21N/c29-26-19-18-24(21-10-3-1-4-11-21)27(22-13-5-2-6-14-22)28(26)25-17-9-15-20-12-7-8-16-23(20)25/h1-19H,29H2. The Bertz CT molecular complexity index is 1280. The smallest absolute Gasteiger partial charge is 0.0400 e. The fraction of sp³-hybridized carbons (Fsp3) is 0. The molecule has 0 amide bonds. The van der Waals surface area contributed by atoms with Crippen LogP contribution in [-0.2, 0) is 0 Å². The van der Waals surface area contributed by atoms with Crippen molar-refractivity contribution in [3.05, 3.63) is 115 Å². The highest BCUT2D eigenvalue weighted by molar-refractivity contribution is 6.07. The maximum absolute atomic E-state index is 6.63. The molecule has 0 saturated carbocycles. The Morgan fingerprint density at radius 1 is 0.414 bits per heavy atom. The normalized spacial score (nSPS) is 10.9. The molecule has 0 atom stereocenters. The third kappa shape index (κ3) is 3.07. The van der Waals surface area contributed by atoms with E-state index in [1.807, 2.05) is 6.07 Å². The number of anilines is 1. The zero-order valence-corrected chi connectivity index (χ0v) is 16.0. The molecule has 0 aromatic heterocycles. The summed E-state index contributed by atoms with van der Waals surface area (Å²) >= 11 is 0. The molecule has 0 saturated heterocycles. The average molecular weight is 371 g/mol. The van der Waals surface area contributed by atoms with Gasteiger partial charge in [0.1, 0.15) is 0 Å². The molecule has 5 rings (SSSR count). The van der Waals surface area contributed by atoms with Gasteiger partial charge in [0, 0.05) is 11.3 Å². The molecule has 0 radical (unpaired) electrons. The molecule has 0 heterocycles. The maximum Gasteiger partial charge on any atom is 0.0400 e. The van der Waals surface area contributed by atoms with E-state index in [-0.39, 0.29) is 0 Å². The molecule has 0 bridgehead atoms. The second kappa shape index (κ2) is 7.29. The number of fused-ring (bicyclic) bond motifs is 1. The molecule has 1 heteroatoms. The molecule has 5 aromatic carbocycles. The number of rotatable bonds is 3. The van der Waals surface area contributed by atoms with Crippen molar-refractivity contribution in [3.63, 3.8) is 0 Å². The fourth-order valence-corrected chi connectivity index (χ4v) is 4.12. The second-order valence-corrected chi connectivity index (χ2v) is 7.21. The Labute approximate surface area is 171 Å². The van der Waals surface area contributed by atoms with Gasteiger partial charge < -0.3 is 5.73 Å². The van der Waals surface area contributed by atoms with Gasteiger partial charge in [-0.15, -0.1) is 0 Å². The summed E-state index contributed by atoms with van der Waals surface area (Å²) in [6, 6.07) is 40.2. The first-order valence-electron chi connectivity index (χ1n) is 9.84. The summed E-state index contributed by atoms with van der Waals surface area (Å²) in [4.78, 5) is 0. The van der Waals surface area contributed by atoms with Crippen molar-refractivity contribution in [2.75, 3.05) is 5.73 Å². The summed E-state index contributed by atoms with van der Waals surface area (Å²) < 4.78 is 0. The summed E-state index contributed by atoms with van der Waals surface area (Å²) in [5.74, 6) is 0. The molecule has 29 heavy (non-hydrogen) atoms. The van der Waals surface area contributed by atoms with Crippen LogP contribution in [0, 0.1) is 0 Å². The van der Waals surface area contributed by atoms with Crippen molar-refractivity contribution in [1.29, 1.82) is 0 Å². The van der Waals surface area contributed by atoms with E-state index in [4.69, 9.17) is 5.73 Å². The third-order valence-corrected chi connectivity index (χ3v) is 5.44. The van der Waals surface area contributed by atoms with E-state index in [1.165, 1.54) is 33.0 Å². The van der Waals surface area contributed by atoms with Crippen LogP contribution in [0.25, 0.3) is 44.2 Å². The fourth-order valence-electron chi connectivity index (χ4n) is 4.12. The molecule has 5 aromatic rings. The highest BCUT2D eigenvalue weighted by atomic mass is 14.6. The number of hydrogen-bond acceptors (Lipinski definition) is 1. The van der Waals surface area contributed by atoms with E-state index in [2.05, 4.69) is 109 Å². The topological polar surface area (TPSA) is 26.0 Å². The van der Waals surface area contributed by atoms with E-state index in [1.54, 1.807) is 0 Å². The first-order chi connectivity index (χ1) is 14.3. The number of benzene rings is 5. The molecule has 0 aliphatic heterocycles. The van der Waals surface area contributed by atoms with Crippen LogP contribution >= 0.6 is 0 Å². The van der Waals surface area contributed by atoms with Gasteiger partial charge in [0.05, 0.1) is 0 Å². The lowest BCUT2D eigenvalue weighted by Gasteiger charge is -2.19. The minimum Gasteiger partial charge on any atom is -0.398 e. The van der Waals surface area contributed by atoms with Crippen LogP contribution < -0.4 is 5.73 Å². The zero-order valence-electron chi connectivity index (χ0n) is 16.0. The molecular weight excluding hydrogens is 350 g/mol. The van der Waals surface area contributed by atoms with Gasteiger partial charge >= 0.3 is 0 Å². The highest BCUT2D eigenvalue weighted by Gasteiger charge is 2.18. The van der Waals surface area contributed by atoms with Gasteiger partial charge in [-0.1, -0.05) is 109 Å². The molecule has 0 fully saturated rings. The largest absolute Gasteiger partial charge is 0.398 e. The summed E-state index contributed by atoms with van der Waals surface area (Å²) in [6.07, 6.45) is 0. The Morgan fingerprint density at radius 2 is 1.03 bits per heavy atom. The predicted octanol–water partition coefficient (Wildman–Crippen LogP) is 7.42. The van der Waals surface area contributed by atoms with Crippen molar-refractivity contribution in [3.8, 4) is 33.4 Å². The first-order valence-corrected chi connectivity index (χ1v) is 9.84. The lowest BCUT2D eigenvalue weighted by molar-refractivity contribution is 1.56. The summed E-state index contributed by atoms with van der Waals surface area (Å²) in [5.41, 5.74) is 14.4. The monoisotopic (exact) mass is 371 g/mol. The molecule has 0 spiro atoms. The highest BCUT2D eigenvalue weighted by Crippen LogP contribution is 2.45. The van der Waals surface area contributed by atoms with Gasteiger partial charge in [-0.25, -0.2) is 0 Å². The Morgan fingerprint density at radius 3 is 1.79 bits per heavy atom. The van der Waals surface area contributed by atoms with Crippen LogP contribution in [0.5, 0.6) is 0 Å². The van der Waals surface area contributed by atoms with Gasteiger partial charge in [-0.2, -0.15) is 0 Å². The molecule has 0 aliphatic rings. The number of nitrogens with two attached hydrogens (primary N) is 1. The lowest BCUT2D eigenvalue weighted by Crippen LogP contribution is -1.97. The summed E-state index contributed by atoms with van der Waals surface area (Å²) in [7, 11) is 0. The van der Waals surface area contributed by atoms with E-state index in [0.29, 0.717) is 0 Å². The number of nitrogen functional groups attached to an aromatic ring is 1. The summed E-state index contributed by atoms with van der Waals surface area (Å²) in [5, 5.41) is 2.43. The Kier molecular flexibility index (Phi) is 4.34. The van der Waals surface area contributed by atoms with Crippen molar-refractivity contribution >= 4 is 16.5 Å². The van der Waals surface area contributed by atoms with E-state index in [9.17, 15) is 0 Å². The second-order valence-electron chi connectivity index (χ2n) is 7.21. The molecule has 0 unspecified atom stereocenters. The van der Waals surface area contributed by atoms with Crippen LogP contribution in [0.4, 0.5) is 5.69 Å². The average Bonchev–Trinajstić information content (AvgIpc) is 2.80. The first kappa shape index (κ1) is 17.3. The SMILES string of the molecule is Nc1ccc(-c2ccccc2)c(-c2ccccc2)c1-c1cccc2ccccc12. The van der Waals surface area contributed by atoms with Gasteiger partial charge in [0.2, 0.25) is 0 Å². The lowest BCUT2D eigenvalue weighted by atomic mass is 9.85. The summed E-state index contributed by atoms with van der Waals surface area (Å²) in [6.45, 7) is 0. The predicted molar refractivity (Wildman–Crippen MR) is 125 cm³/mol. The molecular formula is C28H21N. The Balaban J connectivity index is 1.91. The van der Waals surface area contributed by atoms with E-state index in [0.717, 1.165) is 16.8 Å². The van der Waals surface area contributed by atoms with Crippen LogP contribution in [0.3, 0.4) is 0 Å². The van der Waals surface area contributed by atoms with Gasteiger partial charge in [0.25, 0.3) is 0 Å². The third-order valence-electron chi connectivity index (χ3n) is 5.44. The van der Waals surface area contributed by atoms with Gasteiger partial charge in [0.15, 0.2) is 0 Å². The van der Waals surface area contributed by atoms with Crippen molar-refractivity contribution in [1.82, 2.24) is 0 Å². The Hall–Kier alpha value is -3.84. The quantitative estimate of drug-likeness (QED) is 0.328. The van der Waals surface area contributed by atoms with Crippen LogP contribution in [0.2, 0.25) is 0 Å². The zero-order chi connectivity index (χ0) is 19.6. The van der Waals surface area contributed by atoms with E-state index >= 15 is 0 Å². The van der Waals surface area contributed by atoms with Crippen molar-refractivity contribution in [2.45, 2.75) is 0 Å². The minimum absolute atomic E-state index is 0.792. The molecule has 2 N–H and O–H groups in total. The van der Waals surface area contributed by atoms with Crippen LogP contribution in [0.15, 0.2) is 115 Å². The number of hydrogen-bond donors (Lipinski definition) is 1. The van der Waals surface area contributed by atoms with Crippen LogP contribution in [-0.4, -0.2) is 0 Å². The maximum atomic E-state index is 6.63. The van der Waals surface area contributed by atoms with Gasteiger partial charge in [-0.05, 0) is 44.7 Å².